The lowest BCUT2D eigenvalue weighted by molar-refractivity contribution is 0.0680. The molecule has 0 unspecified atom stereocenters. The van der Waals surface area contributed by atoms with Crippen molar-refractivity contribution in [1.29, 1.82) is 0 Å². The van der Waals surface area contributed by atoms with Crippen LogP contribution in [0.1, 0.15) is 29.9 Å². The van der Waals surface area contributed by atoms with Crippen molar-refractivity contribution in [2.75, 3.05) is 17.7 Å². The summed E-state index contributed by atoms with van der Waals surface area (Å²) in [6.07, 6.45) is 0.252. The van der Waals surface area contributed by atoms with Gasteiger partial charge in [0.1, 0.15) is 10.7 Å². The van der Waals surface area contributed by atoms with Gasteiger partial charge in [-0.15, -0.1) is 0 Å². The molecule has 0 saturated carbocycles. The van der Waals surface area contributed by atoms with E-state index in [1.807, 2.05) is 13.8 Å². The molecule has 3 N–H and O–H groups in total. The molecule has 0 aliphatic heterocycles. The molecule has 2 rings (SSSR count). The summed E-state index contributed by atoms with van der Waals surface area (Å²) in [5.41, 5.74) is 6.06. The number of thiazole rings is 1. The van der Waals surface area contributed by atoms with Gasteiger partial charge in [-0.05, 0) is 26.0 Å². The fraction of sp³-hybridized carbons (Fsp3) is 0.333. The van der Waals surface area contributed by atoms with Gasteiger partial charge in [0.2, 0.25) is 0 Å². The van der Waals surface area contributed by atoms with Gasteiger partial charge in [-0.2, -0.15) is 0 Å². The Morgan fingerprint density at radius 1 is 1.39 bits per heavy atom. The van der Waals surface area contributed by atoms with Gasteiger partial charge < -0.3 is 15.8 Å². The molecule has 2 aromatic rings. The van der Waals surface area contributed by atoms with Gasteiger partial charge in [-0.25, -0.2) is 13.8 Å². The number of anilines is 3. The Morgan fingerprint density at radius 2 is 2.13 bits per heavy atom. The molecule has 1 aromatic carbocycles. The first-order chi connectivity index (χ1) is 10.9. The third kappa shape index (κ3) is 4.70. The maximum atomic E-state index is 13.2. The first-order valence-electron chi connectivity index (χ1n) is 7.00. The van der Waals surface area contributed by atoms with Crippen LogP contribution in [0, 0.1) is 11.6 Å². The van der Waals surface area contributed by atoms with Gasteiger partial charge in [-0.1, -0.05) is 11.3 Å². The van der Waals surface area contributed by atoms with Crippen molar-refractivity contribution in [2.45, 2.75) is 26.4 Å². The van der Waals surface area contributed by atoms with Crippen LogP contribution < -0.4 is 11.1 Å². The molecule has 0 radical (unpaired) electrons. The Labute approximate surface area is 136 Å². The predicted octanol–water partition coefficient (Wildman–Crippen LogP) is 3.74. The SMILES string of the molecule is CC(C)OCCC(=O)c1sc(Nc2ccc(F)c(F)c2)nc1N. The van der Waals surface area contributed by atoms with Crippen molar-refractivity contribution in [2.24, 2.45) is 0 Å². The molecule has 124 valence electrons. The second-order valence-corrected chi connectivity index (χ2v) is 6.08. The smallest absolute Gasteiger partial charge is 0.189 e. The van der Waals surface area contributed by atoms with Crippen LogP contribution in [-0.2, 0) is 4.74 Å². The topological polar surface area (TPSA) is 77.2 Å². The Morgan fingerprint density at radius 3 is 2.78 bits per heavy atom. The molecule has 0 atom stereocenters. The highest BCUT2D eigenvalue weighted by atomic mass is 32.1. The van der Waals surface area contributed by atoms with E-state index < -0.39 is 11.6 Å². The molecular formula is C15H17F2N3O2S. The Kier molecular flexibility index (Phi) is 5.62. The second kappa shape index (κ2) is 7.47. The Balaban J connectivity index is 2.05. The van der Waals surface area contributed by atoms with Crippen molar-refractivity contribution in [1.82, 2.24) is 4.98 Å². The van der Waals surface area contributed by atoms with Crippen LogP contribution in [0.5, 0.6) is 0 Å². The number of Topliss-reactive ketones (excluding diaryl/α,β-unsaturated/α-hetero) is 1. The molecule has 0 amide bonds. The van der Waals surface area contributed by atoms with Crippen LogP contribution in [0.15, 0.2) is 18.2 Å². The predicted molar refractivity (Wildman–Crippen MR) is 86.2 cm³/mol. The number of hydrogen-bond acceptors (Lipinski definition) is 6. The molecule has 5 nitrogen and oxygen atoms in total. The van der Waals surface area contributed by atoms with Gasteiger partial charge in [0.15, 0.2) is 22.5 Å². The summed E-state index contributed by atoms with van der Waals surface area (Å²) in [5.74, 6) is -1.97. The van der Waals surface area contributed by atoms with E-state index in [9.17, 15) is 13.6 Å². The Hall–Kier alpha value is -2.06. The maximum Gasteiger partial charge on any atom is 0.189 e. The minimum atomic E-state index is -0.971. The van der Waals surface area contributed by atoms with E-state index in [0.29, 0.717) is 22.3 Å². The van der Waals surface area contributed by atoms with Crippen LogP contribution in [0.3, 0.4) is 0 Å². The molecule has 0 bridgehead atoms. The van der Waals surface area contributed by atoms with Crippen molar-refractivity contribution in [3.8, 4) is 0 Å². The number of benzene rings is 1. The summed E-state index contributed by atoms with van der Waals surface area (Å²) in [6, 6.07) is 3.38. The number of ketones is 1. The van der Waals surface area contributed by atoms with Crippen LogP contribution in [0.4, 0.5) is 25.4 Å². The largest absolute Gasteiger partial charge is 0.382 e. The lowest BCUT2D eigenvalue weighted by Crippen LogP contribution is -2.09. The van der Waals surface area contributed by atoms with Crippen LogP contribution in [-0.4, -0.2) is 23.5 Å². The highest BCUT2D eigenvalue weighted by Crippen LogP contribution is 2.29. The zero-order valence-corrected chi connectivity index (χ0v) is 13.5. The molecule has 0 saturated heterocycles. The average molecular weight is 341 g/mol. The van der Waals surface area contributed by atoms with Crippen LogP contribution in [0.25, 0.3) is 0 Å². The van der Waals surface area contributed by atoms with Crippen molar-refractivity contribution in [3.63, 3.8) is 0 Å². The summed E-state index contributed by atoms with van der Waals surface area (Å²) in [6.45, 7) is 4.07. The molecule has 1 heterocycles. The number of aromatic nitrogens is 1. The van der Waals surface area contributed by atoms with Gasteiger partial charge in [0.25, 0.3) is 0 Å². The summed E-state index contributed by atoms with van der Waals surface area (Å²) in [4.78, 5) is 16.4. The minimum absolute atomic E-state index is 0.0483. The minimum Gasteiger partial charge on any atom is -0.382 e. The number of nitrogens with one attached hydrogen (secondary N) is 1. The standard InChI is InChI=1S/C15H17F2N3O2S/c1-8(2)22-6-5-12(21)13-14(18)20-15(23-13)19-9-3-4-10(16)11(17)7-9/h3-4,7-8H,5-6,18H2,1-2H3,(H,19,20). The number of hydrogen-bond donors (Lipinski definition) is 2. The summed E-state index contributed by atoms with van der Waals surface area (Å²) in [7, 11) is 0. The lowest BCUT2D eigenvalue weighted by Gasteiger charge is -2.05. The third-order valence-electron chi connectivity index (χ3n) is 2.86. The molecule has 0 spiro atoms. The zero-order chi connectivity index (χ0) is 17.0. The number of carbonyl (C=O) groups is 1. The van der Waals surface area contributed by atoms with E-state index >= 15 is 0 Å². The number of ether oxygens (including phenoxy) is 1. The summed E-state index contributed by atoms with van der Waals surface area (Å²) < 4.78 is 31.4. The van der Waals surface area contributed by atoms with Crippen molar-refractivity contribution < 1.29 is 18.3 Å². The number of nitrogens with zero attached hydrogens (tertiary/aromatic N) is 1. The first kappa shape index (κ1) is 17.3. The average Bonchev–Trinajstić information content (AvgIpc) is 2.83. The normalized spacial score (nSPS) is 11.0. The number of nitrogens with two attached hydrogens (primary N) is 1. The van der Waals surface area contributed by atoms with E-state index in [2.05, 4.69) is 10.3 Å². The highest BCUT2D eigenvalue weighted by Gasteiger charge is 2.16. The van der Waals surface area contributed by atoms with Gasteiger partial charge in [0, 0.05) is 18.2 Å². The number of halogens is 2. The summed E-state index contributed by atoms with van der Waals surface area (Å²) in [5, 5.41) is 3.13. The summed E-state index contributed by atoms with van der Waals surface area (Å²) >= 11 is 1.06. The van der Waals surface area contributed by atoms with E-state index in [1.54, 1.807) is 0 Å². The number of rotatable bonds is 7. The zero-order valence-electron chi connectivity index (χ0n) is 12.7. The van der Waals surface area contributed by atoms with Crippen molar-refractivity contribution in [3.05, 3.63) is 34.7 Å². The van der Waals surface area contributed by atoms with Crippen molar-refractivity contribution >= 4 is 33.8 Å². The highest BCUT2D eigenvalue weighted by molar-refractivity contribution is 7.18. The van der Waals surface area contributed by atoms with E-state index in [1.165, 1.54) is 6.07 Å². The lowest BCUT2D eigenvalue weighted by atomic mass is 10.2. The fourth-order valence-corrected chi connectivity index (χ4v) is 2.66. The molecular weight excluding hydrogens is 324 g/mol. The van der Waals surface area contributed by atoms with Crippen LogP contribution >= 0.6 is 11.3 Å². The molecule has 0 aliphatic rings. The van der Waals surface area contributed by atoms with Gasteiger partial charge in [0.05, 0.1) is 12.7 Å². The molecule has 23 heavy (non-hydrogen) atoms. The first-order valence-corrected chi connectivity index (χ1v) is 7.81. The quantitative estimate of drug-likeness (QED) is 0.750. The Bertz CT molecular complexity index is 704. The molecule has 0 aliphatic carbocycles. The van der Waals surface area contributed by atoms with Crippen LogP contribution in [0.2, 0.25) is 0 Å². The van der Waals surface area contributed by atoms with E-state index in [4.69, 9.17) is 10.5 Å². The van der Waals surface area contributed by atoms with E-state index in [-0.39, 0.29) is 24.1 Å². The fourth-order valence-electron chi connectivity index (χ4n) is 1.78. The van der Waals surface area contributed by atoms with E-state index in [0.717, 1.165) is 23.5 Å². The molecule has 1 aromatic heterocycles. The van der Waals surface area contributed by atoms with Gasteiger partial charge >= 0.3 is 0 Å². The van der Waals surface area contributed by atoms with Gasteiger partial charge in [-0.3, -0.25) is 4.79 Å². The number of carbonyl (C=O) groups excluding carboxylic acids is 1. The molecule has 8 heteroatoms. The maximum absolute atomic E-state index is 13.2. The molecule has 0 fully saturated rings. The number of nitrogen functional groups attached to an aromatic ring is 1. The third-order valence-corrected chi connectivity index (χ3v) is 3.89. The second-order valence-electron chi connectivity index (χ2n) is 5.08. The monoisotopic (exact) mass is 341 g/mol.